The molecular formula is C18H17ClO3. The average Bonchev–Trinajstić information content (AvgIpc) is 2.45. The average molecular weight is 317 g/mol. The van der Waals surface area contributed by atoms with Gasteiger partial charge in [-0.1, -0.05) is 41.9 Å². The summed E-state index contributed by atoms with van der Waals surface area (Å²) >= 11 is 6.22. The molecule has 0 spiro atoms. The quantitative estimate of drug-likeness (QED) is 0.872. The zero-order valence-corrected chi connectivity index (χ0v) is 13.4. The molecule has 2 aromatic rings. The van der Waals surface area contributed by atoms with E-state index in [4.69, 9.17) is 11.6 Å². The van der Waals surface area contributed by atoms with E-state index in [0.717, 1.165) is 0 Å². The largest absolute Gasteiger partial charge is 0.382 e. The van der Waals surface area contributed by atoms with Crippen molar-refractivity contribution in [1.82, 2.24) is 0 Å². The molecule has 0 amide bonds. The van der Waals surface area contributed by atoms with E-state index in [1.807, 2.05) is 6.07 Å². The maximum Gasteiger partial charge on any atom is 0.194 e. The standard InChI is InChI=1S/C18H17ClO3/c1-11-9-13(17(21)18(2,3)22)10-14(19)15(11)16(20)12-7-5-4-6-8-12/h4-10,22H,1-3H3. The maximum absolute atomic E-state index is 12.5. The molecule has 3 nitrogen and oxygen atoms in total. The van der Waals surface area contributed by atoms with Crippen LogP contribution in [0.5, 0.6) is 0 Å². The van der Waals surface area contributed by atoms with E-state index in [0.29, 0.717) is 22.3 Å². The third kappa shape index (κ3) is 3.26. The van der Waals surface area contributed by atoms with Gasteiger partial charge in [0.15, 0.2) is 11.6 Å². The van der Waals surface area contributed by atoms with Crippen LogP contribution in [0.1, 0.15) is 45.7 Å². The smallest absolute Gasteiger partial charge is 0.194 e. The summed E-state index contributed by atoms with van der Waals surface area (Å²) in [6, 6.07) is 11.8. The molecule has 22 heavy (non-hydrogen) atoms. The van der Waals surface area contributed by atoms with Crippen molar-refractivity contribution in [3.05, 3.63) is 69.7 Å². The summed E-state index contributed by atoms with van der Waals surface area (Å²) in [5.74, 6) is -0.624. The van der Waals surface area contributed by atoms with Gasteiger partial charge in [0.05, 0.1) is 5.02 Å². The van der Waals surface area contributed by atoms with Crippen LogP contribution >= 0.6 is 11.6 Å². The monoisotopic (exact) mass is 316 g/mol. The van der Waals surface area contributed by atoms with Gasteiger partial charge in [0.1, 0.15) is 5.60 Å². The Hall–Kier alpha value is -1.97. The summed E-state index contributed by atoms with van der Waals surface area (Å²) < 4.78 is 0. The highest BCUT2D eigenvalue weighted by atomic mass is 35.5. The van der Waals surface area contributed by atoms with Gasteiger partial charge in [-0.25, -0.2) is 0 Å². The molecule has 0 unspecified atom stereocenters. The van der Waals surface area contributed by atoms with Gasteiger partial charge in [-0.05, 0) is 38.5 Å². The first-order valence-electron chi connectivity index (χ1n) is 6.89. The summed E-state index contributed by atoms with van der Waals surface area (Å²) in [5, 5.41) is 10.0. The second kappa shape index (κ2) is 6.03. The highest BCUT2D eigenvalue weighted by Crippen LogP contribution is 2.27. The summed E-state index contributed by atoms with van der Waals surface area (Å²) in [4.78, 5) is 24.7. The first kappa shape index (κ1) is 16.4. The number of rotatable bonds is 4. The Morgan fingerprint density at radius 1 is 1.05 bits per heavy atom. The fourth-order valence-electron chi connectivity index (χ4n) is 2.25. The van der Waals surface area contributed by atoms with Crippen LogP contribution in [0.25, 0.3) is 0 Å². The van der Waals surface area contributed by atoms with Crippen LogP contribution in [0.4, 0.5) is 0 Å². The van der Waals surface area contributed by atoms with Gasteiger partial charge in [0, 0.05) is 16.7 Å². The van der Waals surface area contributed by atoms with Crippen molar-refractivity contribution in [3.8, 4) is 0 Å². The predicted octanol–water partition coefficient (Wildman–Crippen LogP) is 3.83. The minimum Gasteiger partial charge on any atom is -0.382 e. The molecule has 0 saturated carbocycles. The normalized spacial score (nSPS) is 11.3. The molecule has 1 N–H and O–H groups in total. The molecule has 0 aromatic heterocycles. The van der Waals surface area contributed by atoms with E-state index < -0.39 is 11.4 Å². The molecule has 0 atom stereocenters. The summed E-state index contributed by atoms with van der Waals surface area (Å²) in [6.07, 6.45) is 0. The lowest BCUT2D eigenvalue weighted by Crippen LogP contribution is -2.31. The number of hydrogen-bond donors (Lipinski definition) is 1. The molecule has 114 valence electrons. The number of benzene rings is 2. The van der Waals surface area contributed by atoms with E-state index in [2.05, 4.69) is 0 Å². The second-order valence-corrected chi connectivity index (χ2v) is 6.14. The number of Topliss-reactive ketones (excluding diaryl/α,β-unsaturated/α-hetero) is 1. The molecule has 2 aromatic carbocycles. The fraction of sp³-hybridized carbons (Fsp3) is 0.222. The van der Waals surface area contributed by atoms with Gasteiger partial charge in [-0.15, -0.1) is 0 Å². The van der Waals surface area contributed by atoms with E-state index in [-0.39, 0.29) is 10.8 Å². The van der Waals surface area contributed by atoms with Crippen LogP contribution in [0.15, 0.2) is 42.5 Å². The molecule has 4 heteroatoms. The Labute approximate surface area is 134 Å². The number of aliphatic hydroxyl groups is 1. The van der Waals surface area contributed by atoms with E-state index in [1.54, 1.807) is 37.3 Å². The first-order chi connectivity index (χ1) is 10.2. The van der Waals surface area contributed by atoms with Crippen molar-refractivity contribution in [1.29, 1.82) is 0 Å². The third-order valence-corrected chi connectivity index (χ3v) is 3.67. The van der Waals surface area contributed by atoms with Gasteiger partial charge in [0.25, 0.3) is 0 Å². The van der Waals surface area contributed by atoms with Crippen LogP contribution in [-0.2, 0) is 0 Å². The maximum atomic E-state index is 12.5. The highest BCUT2D eigenvalue weighted by Gasteiger charge is 2.27. The summed E-state index contributed by atoms with van der Waals surface area (Å²) in [5.41, 5.74) is 0.323. The van der Waals surface area contributed by atoms with Crippen molar-refractivity contribution in [2.45, 2.75) is 26.4 Å². The Balaban J connectivity index is 2.49. The van der Waals surface area contributed by atoms with E-state index in [9.17, 15) is 14.7 Å². The van der Waals surface area contributed by atoms with E-state index in [1.165, 1.54) is 19.9 Å². The minimum absolute atomic E-state index is 0.189. The SMILES string of the molecule is Cc1cc(C(=O)C(C)(C)O)cc(Cl)c1C(=O)c1ccccc1. The van der Waals surface area contributed by atoms with E-state index >= 15 is 0 Å². The summed E-state index contributed by atoms with van der Waals surface area (Å²) in [7, 11) is 0. The first-order valence-corrected chi connectivity index (χ1v) is 7.26. The molecule has 0 aliphatic rings. The van der Waals surface area contributed by atoms with Crippen LogP contribution in [0.3, 0.4) is 0 Å². The number of aryl methyl sites for hydroxylation is 1. The molecule has 0 bridgehead atoms. The number of halogens is 1. The topological polar surface area (TPSA) is 54.4 Å². The van der Waals surface area contributed by atoms with Crippen LogP contribution in [0.2, 0.25) is 5.02 Å². The van der Waals surface area contributed by atoms with Crippen LogP contribution in [0, 0.1) is 6.92 Å². The Kier molecular flexibility index (Phi) is 4.50. The molecular weight excluding hydrogens is 300 g/mol. The molecule has 0 saturated heterocycles. The number of carbonyl (C=O) groups excluding carboxylic acids is 2. The zero-order valence-electron chi connectivity index (χ0n) is 12.7. The van der Waals surface area contributed by atoms with Crippen molar-refractivity contribution in [2.24, 2.45) is 0 Å². The van der Waals surface area contributed by atoms with Gasteiger partial charge in [-0.2, -0.15) is 0 Å². The minimum atomic E-state index is -1.49. The van der Waals surface area contributed by atoms with Crippen molar-refractivity contribution in [3.63, 3.8) is 0 Å². The number of ketones is 2. The predicted molar refractivity (Wildman–Crippen MR) is 86.7 cm³/mol. The van der Waals surface area contributed by atoms with Crippen molar-refractivity contribution < 1.29 is 14.7 Å². The van der Waals surface area contributed by atoms with Gasteiger partial charge >= 0.3 is 0 Å². The molecule has 0 radical (unpaired) electrons. The Bertz CT molecular complexity index is 705. The van der Waals surface area contributed by atoms with Crippen LogP contribution in [-0.4, -0.2) is 22.3 Å². The zero-order chi connectivity index (χ0) is 16.5. The third-order valence-electron chi connectivity index (χ3n) is 3.37. The lowest BCUT2D eigenvalue weighted by Gasteiger charge is -2.17. The van der Waals surface area contributed by atoms with Gasteiger partial charge < -0.3 is 5.11 Å². The molecule has 2 rings (SSSR count). The highest BCUT2D eigenvalue weighted by molar-refractivity contribution is 6.35. The van der Waals surface area contributed by atoms with Crippen molar-refractivity contribution >= 4 is 23.2 Å². The molecule has 0 heterocycles. The lowest BCUT2D eigenvalue weighted by molar-refractivity contribution is 0.0488. The lowest BCUT2D eigenvalue weighted by atomic mass is 9.92. The van der Waals surface area contributed by atoms with Crippen molar-refractivity contribution in [2.75, 3.05) is 0 Å². The van der Waals surface area contributed by atoms with Gasteiger partial charge in [0.2, 0.25) is 0 Å². The number of carbonyl (C=O) groups is 2. The molecule has 0 fully saturated rings. The number of hydrogen-bond acceptors (Lipinski definition) is 3. The molecule has 0 aliphatic carbocycles. The Morgan fingerprint density at radius 3 is 2.14 bits per heavy atom. The summed E-state index contributed by atoms with van der Waals surface area (Å²) in [6.45, 7) is 4.56. The second-order valence-electron chi connectivity index (χ2n) is 5.73. The van der Waals surface area contributed by atoms with Gasteiger partial charge in [-0.3, -0.25) is 9.59 Å². The Morgan fingerprint density at radius 2 is 1.64 bits per heavy atom. The molecule has 0 aliphatic heterocycles. The van der Waals surface area contributed by atoms with Crippen LogP contribution < -0.4 is 0 Å². The fourth-order valence-corrected chi connectivity index (χ4v) is 2.60.